The molecule has 1 unspecified atom stereocenters. The molecule has 21 heavy (non-hydrogen) atoms. The van der Waals surface area contributed by atoms with Crippen molar-refractivity contribution in [3.05, 3.63) is 34.9 Å². The minimum absolute atomic E-state index is 0.246. The van der Waals surface area contributed by atoms with Crippen LogP contribution in [0.15, 0.2) is 18.2 Å². The van der Waals surface area contributed by atoms with E-state index in [1.165, 1.54) is 0 Å². The molecular formula is C14H19NO5S. The summed E-state index contributed by atoms with van der Waals surface area (Å²) < 4.78 is 24.3. The average Bonchev–Trinajstić information content (AvgIpc) is 2.31. The van der Waals surface area contributed by atoms with Crippen molar-refractivity contribution in [1.29, 1.82) is 0 Å². The molecule has 1 aromatic carbocycles. The Hall–Kier alpha value is -1.89. The molecule has 0 bridgehead atoms. The molecule has 2 N–H and O–H groups in total. The molecule has 7 heteroatoms. The number of rotatable bonds is 6. The SMILES string of the molecule is CC(=O)NC(CS(=O)(=O)Cc1cc(C)ccc1C)C(=O)O. The second kappa shape index (κ2) is 6.71. The maximum absolute atomic E-state index is 12.1. The molecular weight excluding hydrogens is 294 g/mol. The van der Waals surface area contributed by atoms with Crippen LogP contribution < -0.4 is 5.32 Å². The third kappa shape index (κ3) is 5.55. The molecule has 6 nitrogen and oxygen atoms in total. The lowest BCUT2D eigenvalue weighted by Crippen LogP contribution is -2.44. The maximum Gasteiger partial charge on any atom is 0.327 e. The van der Waals surface area contributed by atoms with E-state index in [1.54, 1.807) is 13.0 Å². The van der Waals surface area contributed by atoms with E-state index in [9.17, 15) is 18.0 Å². The number of sulfone groups is 1. The predicted octanol–water partition coefficient (Wildman–Crippen LogP) is 0.808. The number of aryl methyl sites for hydroxylation is 2. The van der Waals surface area contributed by atoms with Gasteiger partial charge in [-0.05, 0) is 25.0 Å². The number of amides is 1. The van der Waals surface area contributed by atoms with Gasteiger partial charge in [-0.3, -0.25) is 4.79 Å². The van der Waals surface area contributed by atoms with E-state index in [0.29, 0.717) is 5.56 Å². The molecule has 0 radical (unpaired) electrons. The second-order valence-corrected chi connectivity index (χ2v) is 7.19. The van der Waals surface area contributed by atoms with Crippen LogP contribution in [0, 0.1) is 13.8 Å². The summed E-state index contributed by atoms with van der Waals surface area (Å²) >= 11 is 0. The Balaban J connectivity index is 2.92. The van der Waals surface area contributed by atoms with Gasteiger partial charge in [-0.2, -0.15) is 0 Å². The lowest BCUT2D eigenvalue weighted by Gasteiger charge is -2.14. The third-order valence-electron chi connectivity index (χ3n) is 2.98. The first-order valence-electron chi connectivity index (χ1n) is 6.37. The zero-order valence-corrected chi connectivity index (χ0v) is 13.0. The Morgan fingerprint density at radius 3 is 2.43 bits per heavy atom. The van der Waals surface area contributed by atoms with Crippen LogP contribution in [0.4, 0.5) is 0 Å². The zero-order valence-electron chi connectivity index (χ0n) is 12.2. The molecule has 0 fully saturated rings. The van der Waals surface area contributed by atoms with E-state index in [4.69, 9.17) is 5.11 Å². The number of hydrogen-bond donors (Lipinski definition) is 2. The molecule has 0 aliphatic rings. The van der Waals surface area contributed by atoms with Crippen LogP contribution in [0.5, 0.6) is 0 Å². The average molecular weight is 313 g/mol. The van der Waals surface area contributed by atoms with Gasteiger partial charge in [0.05, 0.1) is 11.5 Å². The summed E-state index contributed by atoms with van der Waals surface area (Å²) in [5.41, 5.74) is 2.40. The van der Waals surface area contributed by atoms with Gasteiger partial charge < -0.3 is 10.4 Å². The molecule has 0 aromatic heterocycles. The van der Waals surface area contributed by atoms with E-state index in [-0.39, 0.29) is 5.75 Å². The smallest absolute Gasteiger partial charge is 0.327 e. The molecule has 0 spiro atoms. The highest BCUT2D eigenvalue weighted by Crippen LogP contribution is 2.15. The van der Waals surface area contributed by atoms with Crippen LogP contribution in [0.1, 0.15) is 23.6 Å². The van der Waals surface area contributed by atoms with Crippen LogP contribution in [-0.2, 0) is 25.2 Å². The Bertz CT molecular complexity index is 651. The van der Waals surface area contributed by atoms with E-state index < -0.39 is 33.5 Å². The summed E-state index contributed by atoms with van der Waals surface area (Å²) in [6.45, 7) is 4.80. The van der Waals surface area contributed by atoms with Gasteiger partial charge >= 0.3 is 5.97 Å². The number of benzene rings is 1. The molecule has 0 saturated heterocycles. The van der Waals surface area contributed by atoms with Crippen LogP contribution in [0.2, 0.25) is 0 Å². The van der Waals surface area contributed by atoms with Gasteiger partial charge in [0.15, 0.2) is 9.84 Å². The Morgan fingerprint density at radius 1 is 1.29 bits per heavy atom. The molecule has 0 saturated carbocycles. The van der Waals surface area contributed by atoms with Crippen molar-refractivity contribution in [2.24, 2.45) is 0 Å². The van der Waals surface area contributed by atoms with Crippen molar-refractivity contribution < 1.29 is 23.1 Å². The Labute approximate surface area is 124 Å². The summed E-state index contributed by atoms with van der Waals surface area (Å²) in [5, 5.41) is 11.1. The minimum Gasteiger partial charge on any atom is -0.480 e. The van der Waals surface area contributed by atoms with Crippen molar-refractivity contribution in [1.82, 2.24) is 5.32 Å². The molecule has 1 atom stereocenters. The molecule has 1 aromatic rings. The first-order chi connectivity index (χ1) is 9.60. The fourth-order valence-electron chi connectivity index (χ4n) is 1.93. The number of carboxylic acid groups (broad SMARTS) is 1. The fraction of sp³-hybridized carbons (Fsp3) is 0.429. The normalized spacial score (nSPS) is 12.7. The van der Waals surface area contributed by atoms with Crippen LogP contribution in [0.25, 0.3) is 0 Å². The summed E-state index contributed by atoms with van der Waals surface area (Å²) in [5.74, 6) is -2.82. The molecule has 1 rings (SSSR count). The van der Waals surface area contributed by atoms with Crippen molar-refractivity contribution in [3.8, 4) is 0 Å². The van der Waals surface area contributed by atoms with E-state index in [0.717, 1.165) is 18.1 Å². The van der Waals surface area contributed by atoms with Gasteiger partial charge in [0.25, 0.3) is 0 Å². The molecule has 0 heterocycles. The first kappa shape index (κ1) is 17.2. The van der Waals surface area contributed by atoms with Gasteiger partial charge in [-0.25, -0.2) is 13.2 Å². The Morgan fingerprint density at radius 2 is 1.90 bits per heavy atom. The Kier molecular flexibility index (Phi) is 5.48. The van der Waals surface area contributed by atoms with Crippen molar-refractivity contribution in [2.75, 3.05) is 5.75 Å². The lowest BCUT2D eigenvalue weighted by molar-refractivity contribution is -0.140. The predicted molar refractivity (Wildman–Crippen MR) is 78.6 cm³/mol. The van der Waals surface area contributed by atoms with E-state index in [2.05, 4.69) is 5.32 Å². The number of nitrogens with one attached hydrogen (secondary N) is 1. The topological polar surface area (TPSA) is 101 Å². The molecule has 0 aliphatic heterocycles. The third-order valence-corrected chi connectivity index (χ3v) is 4.57. The number of hydrogen-bond acceptors (Lipinski definition) is 4. The van der Waals surface area contributed by atoms with Crippen molar-refractivity contribution in [3.63, 3.8) is 0 Å². The standard InChI is InChI=1S/C14H19NO5S/c1-9-4-5-10(2)12(6-9)7-21(19,20)8-13(14(17)18)15-11(3)16/h4-6,13H,7-8H2,1-3H3,(H,15,16)(H,17,18). The van der Waals surface area contributed by atoms with Crippen LogP contribution >= 0.6 is 0 Å². The zero-order chi connectivity index (χ0) is 16.2. The molecule has 1 amide bonds. The summed E-state index contributed by atoms with van der Waals surface area (Å²) in [6.07, 6.45) is 0. The minimum atomic E-state index is -3.66. The molecule has 0 aliphatic carbocycles. The highest BCUT2D eigenvalue weighted by atomic mass is 32.2. The highest BCUT2D eigenvalue weighted by molar-refractivity contribution is 7.90. The summed E-state index contributed by atoms with van der Waals surface area (Å²) in [6, 6.07) is 4.03. The lowest BCUT2D eigenvalue weighted by atomic mass is 10.1. The number of carboxylic acids is 1. The number of carbonyl (C=O) groups is 2. The molecule has 116 valence electrons. The van der Waals surface area contributed by atoms with Crippen molar-refractivity contribution >= 4 is 21.7 Å². The second-order valence-electron chi connectivity index (χ2n) is 5.08. The first-order valence-corrected chi connectivity index (χ1v) is 8.19. The summed E-state index contributed by atoms with van der Waals surface area (Å²) in [7, 11) is -3.66. The largest absolute Gasteiger partial charge is 0.480 e. The quantitative estimate of drug-likeness (QED) is 0.809. The van der Waals surface area contributed by atoms with E-state index in [1.807, 2.05) is 19.1 Å². The van der Waals surface area contributed by atoms with Gasteiger partial charge in [-0.15, -0.1) is 0 Å². The summed E-state index contributed by atoms with van der Waals surface area (Å²) in [4.78, 5) is 21.9. The van der Waals surface area contributed by atoms with Gasteiger partial charge in [0, 0.05) is 6.92 Å². The monoisotopic (exact) mass is 313 g/mol. The fourth-order valence-corrected chi connectivity index (χ4v) is 3.56. The number of aliphatic carboxylic acids is 1. The maximum atomic E-state index is 12.1. The van der Waals surface area contributed by atoms with Crippen molar-refractivity contribution in [2.45, 2.75) is 32.6 Å². The van der Waals surface area contributed by atoms with Gasteiger partial charge in [-0.1, -0.05) is 23.8 Å². The highest BCUT2D eigenvalue weighted by Gasteiger charge is 2.26. The number of carbonyl (C=O) groups excluding carboxylic acids is 1. The van der Waals surface area contributed by atoms with Gasteiger partial charge in [0.1, 0.15) is 6.04 Å². The van der Waals surface area contributed by atoms with Gasteiger partial charge in [0.2, 0.25) is 5.91 Å². The van der Waals surface area contributed by atoms with E-state index >= 15 is 0 Å². The van der Waals surface area contributed by atoms with Crippen LogP contribution in [-0.4, -0.2) is 37.2 Å². The van der Waals surface area contributed by atoms with Crippen LogP contribution in [0.3, 0.4) is 0 Å².